The summed E-state index contributed by atoms with van der Waals surface area (Å²) in [7, 11) is 2.02. The molecule has 1 aliphatic heterocycles. The van der Waals surface area contributed by atoms with Crippen LogP contribution in [-0.4, -0.2) is 60.1 Å². The summed E-state index contributed by atoms with van der Waals surface area (Å²) in [6.45, 7) is 7.90. The van der Waals surface area contributed by atoms with Gasteiger partial charge in [-0.15, -0.1) is 0 Å². The third kappa shape index (κ3) is 3.76. The van der Waals surface area contributed by atoms with Crippen LogP contribution in [0.15, 0.2) is 0 Å². The van der Waals surface area contributed by atoms with Crippen molar-refractivity contribution < 1.29 is 9.90 Å². The maximum absolute atomic E-state index is 10.8. The summed E-state index contributed by atoms with van der Waals surface area (Å²) < 4.78 is 0. The molecule has 2 unspecified atom stereocenters. The van der Waals surface area contributed by atoms with Crippen LogP contribution in [0.1, 0.15) is 26.7 Å². The fourth-order valence-electron chi connectivity index (χ4n) is 2.50. The summed E-state index contributed by atoms with van der Waals surface area (Å²) in [6, 6.07) is 0.621. The van der Waals surface area contributed by atoms with E-state index in [9.17, 15) is 4.79 Å². The number of carboxylic acids is 1. The van der Waals surface area contributed by atoms with E-state index < -0.39 is 5.97 Å². The molecule has 1 fully saturated rings. The highest BCUT2D eigenvalue weighted by molar-refractivity contribution is 5.69. The summed E-state index contributed by atoms with van der Waals surface area (Å²) >= 11 is 0. The van der Waals surface area contributed by atoms with E-state index in [2.05, 4.69) is 16.7 Å². The molecule has 4 heteroatoms. The summed E-state index contributed by atoms with van der Waals surface area (Å²) in [6.07, 6.45) is 2.53. The zero-order valence-corrected chi connectivity index (χ0v) is 10.6. The van der Waals surface area contributed by atoms with E-state index in [1.54, 1.807) is 6.92 Å². The quantitative estimate of drug-likeness (QED) is 0.740. The van der Waals surface area contributed by atoms with Crippen molar-refractivity contribution in [3.8, 4) is 0 Å². The number of nitrogens with zero attached hydrogens (tertiary/aromatic N) is 2. The van der Waals surface area contributed by atoms with Crippen LogP contribution in [0.3, 0.4) is 0 Å². The molecule has 0 saturated carbocycles. The maximum atomic E-state index is 10.8. The van der Waals surface area contributed by atoms with Gasteiger partial charge in [0, 0.05) is 19.1 Å². The molecule has 1 N–H and O–H groups in total. The van der Waals surface area contributed by atoms with Gasteiger partial charge in [0.25, 0.3) is 0 Å². The maximum Gasteiger partial charge on any atom is 0.307 e. The van der Waals surface area contributed by atoms with Crippen LogP contribution in [-0.2, 0) is 4.79 Å². The highest BCUT2D eigenvalue weighted by Gasteiger charge is 2.24. The third-order valence-electron chi connectivity index (χ3n) is 3.43. The predicted octanol–water partition coefficient (Wildman–Crippen LogP) is 1.12. The van der Waals surface area contributed by atoms with E-state index in [0.29, 0.717) is 12.6 Å². The summed E-state index contributed by atoms with van der Waals surface area (Å²) in [5, 5.41) is 8.85. The highest BCUT2D eigenvalue weighted by Crippen LogP contribution is 2.17. The smallest absolute Gasteiger partial charge is 0.307 e. The predicted molar refractivity (Wildman–Crippen MR) is 64.6 cm³/mol. The fourth-order valence-corrected chi connectivity index (χ4v) is 2.50. The van der Waals surface area contributed by atoms with E-state index in [1.165, 1.54) is 19.4 Å². The Bertz CT molecular complexity index is 233. The SMILES string of the molecule is CCN1CCCC1CN(C)CC(C)C(=O)O. The van der Waals surface area contributed by atoms with Gasteiger partial charge in [0.1, 0.15) is 0 Å². The number of aliphatic carboxylic acids is 1. The molecule has 1 rings (SSSR count). The standard InChI is InChI=1S/C12H24N2O2/c1-4-14-7-5-6-11(14)9-13(3)8-10(2)12(15)16/h10-11H,4-9H2,1-3H3,(H,15,16). The fraction of sp³-hybridized carbons (Fsp3) is 0.917. The molecule has 1 heterocycles. The van der Waals surface area contributed by atoms with E-state index in [1.807, 2.05) is 7.05 Å². The van der Waals surface area contributed by atoms with Crippen LogP contribution in [0.4, 0.5) is 0 Å². The Morgan fingerprint density at radius 3 is 2.88 bits per heavy atom. The van der Waals surface area contributed by atoms with E-state index in [-0.39, 0.29) is 5.92 Å². The van der Waals surface area contributed by atoms with Crippen LogP contribution in [0.5, 0.6) is 0 Å². The highest BCUT2D eigenvalue weighted by atomic mass is 16.4. The molecule has 1 saturated heterocycles. The Balaban J connectivity index is 2.33. The second-order valence-corrected chi connectivity index (χ2v) is 4.89. The van der Waals surface area contributed by atoms with Crippen molar-refractivity contribution in [3.05, 3.63) is 0 Å². The number of rotatable bonds is 6. The Hall–Kier alpha value is -0.610. The molecule has 0 aliphatic carbocycles. The van der Waals surface area contributed by atoms with Crippen molar-refractivity contribution in [1.82, 2.24) is 9.80 Å². The topological polar surface area (TPSA) is 43.8 Å². The van der Waals surface area contributed by atoms with Crippen LogP contribution >= 0.6 is 0 Å². The zero-order valence-electron chi connectivity index (χ0n) is 10.6. The molecule has 0 bridgehead atoms. The average molecular weight is 228 g/mol. The first kappa shape index (κ1) is 13.5. The molecular weight excluding hydrogens is 204 g/mol. The second kappa shape index (κ2) is 6.21. The molecule has 0 radical (unpaired) electrons. The van der Waals surface area contributed by atoms with Gasteiger partial charge in [-0.1, -0.05) is 13.8 Å². The third-order valence-corrected chi connectivity index (χ3v) is 3.43. The van der Waals surface area contributed by atoms with Crippen LogP contribution in [0.2, 0.25) is 0 Å². The van der Waals surface area contributed by atoms with Crippen molar-refractivity contribution in [2.24, 2.45) is 5.92 Å². The van der Waals surface area contributed by atoms with Crippen molar-refractivity contribution in [1.29, 1.82) is 0 Å². The zero-order chi connectivity index (χ0) is 12.1. The van der Waals surface area contributed by atoms with Crippen LogP contribution < -0.4 is 0 Å². The lowest BCUT2D eigenvalue weighted by molar-refractivity contribution is -0.141. The van der Waals surface area contributed by atoms with Gasteiger partial charge >= 0.3 is 5.97 Å². The number of hydrogen-bond donors (Lipinski definition) is 1. The minimum atomic E-state index is -0.703. The molecule has 0 aromatic rings. The lowest BCUT2D eigenvalue weighted by Gasteiger charge is -2.28. The Morgan fingerprint density at radius 1 is 1.62 bits per heavy atom. The number of likely N-dealkylation sites (tertiary alicyclic amines) is 1. The van der Waals surface area contributed by atoms with Gasteiger partial charge in [-0.2, -0.15) is 0 Å². The van der Waals surface area contributed by atoms with Gasteiger partial charge < -0.3 is 10.0 Å². The summed E-state index contributed by atoms with van der Waals surface area (Å²) in [5.74, 6) is -0.980. The Morgan fingerprint density at radius 2 is 2.31 bits per heavy atom. The number of likely N-dealkylation sites (N-methyl/N-ethyl adjacent to an activating group) is 2. The molecular formula is C12H24N2O2. The van der Waals surface area contributed by atoms with E-state index in [0.717, 1.165) is 13.1 Å². The molecule has 4 nitrogen and oxygen atoms in total. The second-order valence-electron chi connectivity index (χ2n) is 4.89. The molecule has 16 heavy (non-hydrogen) atoms. The molecule has 1 aliphatic rings. The van der Waals surface area contributed by atoms with Crippen molar-refractivity contribution in [2.45, 2.75) is 32.7 Å². The first-order valence-corrected chi connectivity index (χ1v) is 6.20. The number of carboxylic acid groups (broad SMARTS) is 1. The molecule has 0 aromatic heterocycles. The first-order chi connectivity index (χ1) is 7.54. The van der Waals surface area contributed by atoms with Gasteiger partial charge in [-0.25, -0.2) is 0 Å². The van der Waals surface area contributed by atoms with E-state index >= 15 is 0 Å². The molecule has 0 aromatic carbocycles. The van der Waals surface area contributed by atoms with Crippen LogP contribution in [0.25, 0.3) is 0 Å². The summed E-state index contributed by atoms with van der Waals surface area (Å²) in [4.78, 5) is 15.4. The van der Waals surface area contributed by atoms with Gasteiger partial charge in [0.05, 0.1) is 5.92 Å². The van der Waals surface area contributed by atoms with Crippen LogP contribution in [0, 0.1) is 5.92 Å². The normalized spacial score (nSPS) is 23.9. The monoisotopic (exact) mass is 228 g/mol. The Kier molecular flexibility index (Phi) is 5.22. The lowest BCUT2D eigenvalue weighted by Crippen LogP contribution is -2.40. The average Bonchev–Trinajstić information content (AvgIpc) is 2.64. The van der Waals surface area contributed by atoms with Gasteiger partial charge in [0.15, 0.2) is 0 Å². The van der Waals surface area contributed by atoms with Crippen molar-refractivity contribution in [2.75, 3.05) is 33.2 Å². The molecule has 94 valence electrons. The van der Waals surface area contributed by atoms with E-state index in [4.69, 9.17) is 5.11 Å². The molecule has 0 amide bonds. The van der Waals surface area contributed by atoms with Gasteiger partial charge in [-0.05, 0) is 33.0 Å². The first-order valence-electron chi connectivity index (χ1n) is 6.20. The number of hydrogen-bond acceptors (Lipinski definition) is 3. The Labute approximate surface area is 98.2 Å². The van der Waals surface area contributed by atoms with Gasteiger partial charge in [0.2, 0.25) is 0 Å². The molecule has 0 spiro atoms. The minimum Gasteiger partial charge on any atom is -0.481 e. The minimum absolute atomic E-state index is 0.276. The van der Waals surface area contributed by atoms with Crippen molar-refractivity contribution in [3.63, 3.8) is 0 Å². The lowest BCUT2D eigenvalue weighted by atomic mass is 10.1. The summed E-state index contributed by atoms with van der Waals surface area (Å²) in [5.41, 5.74) is 0. The van der Waals surface area contributed by atoms with Gasteiger partial charge in [-0.3, -0.25) is 9.69 Å². The number of carbonyl (C=O) groups is 1. The van der Waals surface area contributed by atoms with Crippen molar-refractivity contribution >= 4 is 5.97 Å². The largest absolute Gasteiger partial charge is 0.481 e. The molecule has 2 atom stereocenters.